The Morgan fingerprint density at radius 2 is 2.05 bits per heavy atom. The lowest BCUT2D eigenvalue weighted by Gasteiger charge is -2.35. The lowest BCUT2D eigenvalue weighted by Crippen LogP contribution is -2.45. The van der Waals surface area contributed by atoms with Gasteiger partial charge < -0.3 is 5.32 Å². The average molecular weight is 327 g/mol. The SMILES string of the molecule is CC(c1cc(Cl)ccc1Cl)N(CC1CCCCN1)C1CC1. The van der Waals surface area contributed by atoms with E-state index in [0.717, 1.165) is 34.7 Å². The molecule has 4 heteroatoms. The van der Waals surface area contributed by atoms with E-state index in [2.05, 4.69) is 17.1 Å². The van der Waals surface area contributed by atoms with Gasteiger partial charge in [0.1, 0.15) is 0 Å². The molecular weight excluding hydrogens is 303 g/mol. The number of rotatable bonds is 5. The molecule has 0 spiro atoms. The van der Waals surface area contributed by atoms with Gasteiger partial charge in [0.05, 0.1) is 0 Å². The summed E-state index contributed by atoms with van der Waals surface area (Å²) in [5.74, 6) is 0. The van der Waals surface area contributed by atoms with Gasteiger partial charge in [-0.2, -0.15) is 0 Å². The molecular formula is C17H24Cl2N2. The molecule has 21 heavy (non-hydrogen) atoms. The second kappa shape index (κ2) is 6.87. The van der Waals surface area contributed by atoms with Gasteiger partial charge in [0.25, 0.3) is 0 Å². The molecule has 1 aliphatic carbocycles. The van der Waals surface area contributed by atoms with Gasteiger partial charge in [0.15, 0.2) is 0 Å². The third-order valence-corrected chi connectivity index (χ3v) is 5.34. The van der Waals surface area contributed by atoms with Crippen LogP contribution in [0.15, 0.2) is 18.2 Å². The number of piperidine rings is 1. The molecule has 1 saturated heterocycles. The standard InChI is InChI=1S/C17H24Cl2N2/c1-12(16-10-13(18)5-8-17(16)19)21(15-6-7-15)11-14-4-2-3-9-20-14/h5,8,10,12,14-15,20H,2-4,6-7,9,11H2,1H3. The van der Waals surface area contributed by atoms with Crippen LogP contribution in [-0.2, 0) is 0 Å². The van der Waals surface area contributed by atoms with Gasteiger partial charge in [0.2, 0.25) is 0 Å². The van der Waals surface area contributed by atoms with Crippen LogP contribution < -0.4 is 5.32 Å². The Morgan fingerprint density at radius 3 is 2.71 bits per heavy atom. The predicted molar refractivity (Wildman–Crippen MR) is 90.2 cm³/mol. The second-order valence-electron chi connectivity index (χ2n) is 6.42. The Hall–Kier alpha value is -0.280. The van der Waals surface area contributed by atoms with Crippen LogP contribution in [0, 0.1) is 0 Å². The molecule has 1 heterocycles. The minimum atomic E-state index is 0.326. The fourth-order valence-electron chi connectivity index (χ4n) is 3.38. The van der Waals surface area contributed by atoms with Crippen molar-refractivity contribution >= 4 is 23.2 Å². The van der Waals surface area contributed by atoms with Crippen LogP contribution in [0.3, 0.4) is 0 Å². The van der Waals surface area contributed by atoms with Gasteiger partial charge in [-0.3, -0.25) is 4.90 Å². The molecule has 1 aliphatic heterocycles. The molecule has 1 aromatic rings. The molecule has 1 aromatic carbocycles. The summed E-state index contributed by atoms with van der Waals surface area (Å²) >= 11 is 12.6. The van der Waals surface area contributed by atoms with Crippen LogP contribution in [-0.4, -0.2) is 30.1 Å². The first-order valence-corrected chi connectivity index (χ1v) is 8.85. The number of halogens is 2. The summed E-state index contributed by atoms with van der Waals surface area (Å²) in [5.41, 5.74) is 1.16. The number of hydrogen-bond donors (Lipinski definition) is 1. The number of nitrogens with zero attached hydrogens (tertiary/aromatic N) is 1. The molecule has 0 bridgehead atoms. The van der Waals surface area contributed by atoms with E-state index in [1.807, 2.05) is 18.2 Å². The van der Waals surface area contributed by atoms with E-state index in [-0.39, 0.29) is 0 Å². The van der Waals surface area contributed by atoms with Crippen molar-refractivity contribution in [1.29, 1.82) is 0 Å². The summed E-state index contributed by atoms with van der Waals surface area (Å²) in [6, 6.07) is 7.48. The van der Waals surface area contributed by atoms with Gasteiger partial charge in [-0.1, -0.05) is 29.6 Å². The molecule has 2 fully saturated rings. The summed E-state index contributed by atoms with van der Waals surface area (Å²) in [7, 11) is 0. The molecule has 2 atom stereocenters. The Kier molecular flexibility index (Phi) is 5.11. The summed E-state index contributed by atoms with van der Waals surface area (Å²) < 4.78 is 0. The monoisotopic (exact) mass is 326 g/mol. The number of nitrogens with one attached hydrogen (secondary N) is 1. The zero-order valence-electron chi connectivity index (χ0n) is 12.6. The average Bonchev–Trinajstić information content (AvgIpc) is 3.32. The highest BCUT2D eigenvalue weighted by molar-refractivity contribution is 6.33. The Bertz CT molecular complexity index is 482. The van der Waals surface area contributed by atoms with Gasteiger partial charge in [-0.15, -0.1) is 0 Å². The van der Waals surface area contributed by atoms with Crippen molar-refractivity contribution in [2.75, 3.05) is 13.1 Å². The molecule has 0 radical (unpaired) electrons. The van der Waals surface area contributed by atoms with Crippen LogP contribution in [0.5, 0.6) is 0 Å². The maximum Gasteiger partial charge on any atom is 0.0454 e. The minimum absolute atomic E-state index is 0.326. The van der Waals surface area contributed by atoms with E-state index in [1.165, 1.54) is 32.1 Å². The van der Waals surface area contributed by atoms with Crippen molar-refractivity contribution in [3.05, 3.63) is 33.8 Å². The van der Waals surface area contributed by atoms with Crippen LogP contribution >= 0.6 is 23.2 Å². The minimum Gasteiger partial charge on any atom is -0.313 e. The van der Waals surface area contributed by atoms with Gasteiger partial charge >= 0.3 is 0 Å². The number of benzene rings is 1. The zero-order chi connectivity index (χ0) is 14.8. The topological polar surface area (TPSA) is 15.3 Å². The normalized spacial score (nSPS) is 24.3. The fraction of sp³-hybridized carbons (Fsp3) is 0.647. The molecule has 3 rings (SSSR count). The maximum atomic E-state index is 6.40. The molecule has 2 aliphatic rings. The van der Waals surface area contributed by atoms with Gasteiger partial charge in [0, 0.05) is 34.7 Å². The van der Waals surface area contributed by atoms with E-state index in [9.17, 15) is 0 Å². The summed E-state index contributed by atoms with van der Waals surface area (Å²) in [5, 5.41) is 5.26. The lowest BCUT2D eigenvalue weighted by molar-refractivity contribution is 0.167. The lowest BCUT2D eigenvalue weighted by atomic mass is 10.0. The summed E-state index contributed by atoms with van der Waals surface area (Å²) in [4.78, 5) is 2.63. The quantitative estimate of drug-likeness (QED) is 0.846. The van der Waals surface area contributed by atoms with Crippen LogP contribution in [0.4, 0.5) is 0 Å². The van der Waals surface area contributed by atoms with E-state index in [0.29, 0.717) is 12.1 Å². The molecule has 1 saturated carbocycles. The van der Waals surface area contributed by atoms with Crippen molar-refractivity contribution in [3.8, 4) is 0 Å². The summed E-state index contributed by atoms with van der Waals surface area (Å²) in [6.45, 7) is 4.54. The first kappa shape index (κ1) is 15.6. The van der Waals surface area contributed by atoms with Crippen molar-refractivity contribution in [2.45, 2.75) is 57.2 Å². The first-order valence-electron chi connectivity index (χ1n) is 8.09. The third-order valence-electron chi connectivity index (χ3n) is 4.77. The second-order valence-corrected chi connectivity index (χ2v) is 7.26. The third kappa shape index (κ3) is 3.92. The van der Waals surface area contributed by atoms with Gasteiger partial charge in [-0.25, -0.2) is 0 Å². The highest BCUT2D eigenvalue weighted by Crippen LogP contribution is 2.37. The van der Waals surface area contributed by atoms with Gasteiger partial charge in [-0.05, 0) is 62.9 Å². The van der Waals surface area contributed by atoms with E-state index in [1.54, 1.807) is 0 Å². The molecule has 2 nitrogen and oxygen atoms in total. The molecule has 116 valence electrons. The van der Waals surface area contributed by atoms with Crippen molar-refractivity contribution in [1.82, 2.24) is 10.2 Å². The number of hydrogen-bond acceptors (Lipinski definition) is 2. The van der Waals surface area contributed by atoms with Crippen LogP contribution in [0.2, 0.25) is 10.0 Å². The maximum absolute atomic E-state index is 6.40. The van der Waals surface area contributed by atoms with Crippen LogP contribution in [0.1, 0.15) is 50.6 Å². The van der Waals surface area contributed by atoms with Crippen LogP contribution in [0.25, 0.3) is 0 Å². The zero-order valence-corrected chi connectivity index (χ0v) is 14.1. The summed E-state index contributed by atoms with van der Waals surface area (Å²) in [6.07, 6.45) is 6.59. The highest BCUT2D eigenvalue weighted by atomic mass is 35.5. The molecule has 2 unspecified atom stereocenters. The smallest absolute Gasteiger partial charge is 0.0454 e. The predicted octanol–water partition coefficient (Wildman–Crippen LogP) is 4.66. The molecule has 0 amide bonds. The molecule has 1 N–H and O–H groups in total. The Labute approximate surface area is 137 Å². The fourth-order valence-corrected chi connectivity index (χ4v) is 3.83. The Balaban J connectivity index is 1.74. The van der Waals surface area contributed by atoms with Crippen molar-refractivity contribution < 1.29 is 0 Å². The molecule has 0 aromatic heterocycles. The Morgan fingerprint density at radius 1 is 1.24 bits per heavy atom. The largest absolute Gasteiger partial charge is 0.313 e. The van der Waals surface area contributed by atoms with E-state index in [4.69, 9.17) is 23.2 Å². The van der Waals surface area contributed by atoms with Crippen molar-refractivity contribution in [3.63, 3.8) is 0 Å². The van der Waals surface area contributed by atoms with E-state index < -0.39 is 0 Å². The van der Waals surface area contributed by atoms with Crippen molar-refractivity contribution in [2.24, 2.45) is 0 Å². The first-order chi connectivity index (χ1) is 10.1. The van der Waals surface area contributed by atoms with E-state index >= 15 is 0 Å². The highest BCUT2D eigenvalue weighted by Gasteiger charge is 2.35.